The maximum absolute atomic E-state index is 13.5. The molecule has 0 spiro atoms. The molecule has 1 amide bonds. The lowest BCUT2D eigenvalue weighted by Gasteiger charge is -2.37. The second-order valence-corrected chi connectivity index (χ2v) is 6.14. The Labute approximate surface area is 118 Å². The number of benzene rings is 1. The molecule has 0 saturated heterocycles. The van der Waals surface area contributed by atoms with Gasteiger partial charge in [0.25, 0.3) is 0 Å². The van der Waals surface area contributed by atoms with Crippen molar-refractivity contribution in [2.24, 2.45) is 0 Å². The molecule has 1 aliphatic carbocycles. The van der Waals surface area contributed by atoms with Crippen molar-refractivity contribution in [2.75, 3.05) is 5.32 Å². The zero-order valence-corrected chi connectivity index (χ0v) is 12.1. The van der Waals surface area contributed by atoms with Gasteiger partial charge < -0.3 is 15.4 Å². The molecule has 0 atom stereocenters. The highest BCUT2D eigenvalue weighted by Crippen LogP contribution is 2.25. The summed E-state index contributed by atoms with van der Waals surface area (Å²) in [7, 11) is 0. The van der Waals surface area contributed by atoms with E-state index in [0.29, 0.717) is 5.69 Å². The minimum absolute atomic E-state index is 0.0918. The Balaban J connectivity index is 1.73. The van der Waals surface area contributed by atoms with Crippen molar-refractivity contribution in [3.63, 3.8) is 0 Å². The third-order valence-electron chi connectivity index (χ3n) is 3.09. The number of amides is 1. The number of rotatable bonds is 3. The minimum atomic E-state index is -0.487. The maximum Gasteiger partial charge on any atom is 0.407 e. The molecule has 1 fully saturated rings. The van der Waals surface area contributed by atoms with E-state index in [1.54, 1.807) is 18.2 Å². The van der Waals surface area contributed by atoms with Gasteiger partial charge in [-0.1, -0.05) is 12.1 Å². The van der Waals surface area contributed by atoms with Gasteiger partial charge in [-0.15, -0.1) is 0 Å². The van der Waals surface area contributed by atoms with E-state index < -0.39 is 11.7 Å². The Morgan fingerprint density at radius 2 is 1.90 bits per heavy atom. The molecule has 2 rings (SSSR count). The standard InChI is InChI=1S/C15H21FN2O2/c1-15(2,3)20-14(19)18-11-8-10(9-11)17-13-7-5-4-6-12(13)16/h4-7,10-11,17H,8-9H2,1-3H3,(H,18,19). The van der Waals surface area contributed by atoms with E-state index in [9.17, 15) is 9.18 Å². The molecule has 0 aliphatic heterocycles. The quantitative estimate of drug-likeness (QED) is 0.893. The molecule has 1 aromatic rings. The molecule has 1 aromatic carbocycles. The fraction of sp³-hybridized carbons (Fsp3) is 0.533. The van der Waals surface area contributed by atoms with Crippen LogP contribution in [0.5, 0.6) is 0 Å². The number of alkyl carbamates (subject to hydrolysis) is 1. The van der Waals surface area contributed by atoms with Crippen LogP contribution in [0.25, 0.3) is 0 Å². The van der Waals surface area contributed by atoms with Crippen molar-refractivity contribution in [2.45, 2.75) is 51.3 Å². The second kappa shape index (κ2) is 5.69. The van der Waals surface area contributed by atoms with Crippen LogP contribution in [0.1, 0.15) is 33.6 Å². The van der Waals surface area contributed by atoms with E-state index >= 15 is 0 Å². The predicted octanol–water partition coefficient (Wildman–Crippen LogP) is 3.29. The molecule has 4 nitrogen and oxygen atoms in total. The summed E-state index contributed by atoms with van der Waals surface area (Å²) >= 11 is 0. The number of carbonyl (C=O) groups excluding carboxylic acids is 1. The molecule has 1 saturated carbocycles. The molecule has 0 bridgehead atoms. The number of halogens is 1. The zero-order valence-electron chi connectivity index (χ0n) is 12.1. The number of anilines is 1. The summed E-state index contributed by atoms with van der Waals surface area (Å²) < 4.78 is 18.6. The summed E-state index contributed by atoms with van der Waals surface area (Å²) in [6, 6.07) is 6.87. The van der Waals surface area contributed by atoms with Crippen LogP contribution in [-0.2, 0) is 4.74 Å². The summed E-state index contributed by atoms with van der Waals surface area (Å²) in [6.45, 7) is 5.49. The van der Waals surface area contributed by atoms with Gasteiger partial charge in [-0.05, 0) is 45.7 Å². The highest BCUT2D eigenvalue weighted by molar-refractivity contribution is 5.68. The van der Waals surface area contributed by atoms with Crippen LogP contribution in [0.15, 0.2) is 24.3 Å². The van der Waals surface area contributed by atoms with Crippen LogP contribution >= 0.6 is 0 Å². The van der Waals surface area contributed by atoms with Crippen molar-refractivity contribution in [3.05, 3.63) is 30.1 Å². The third-order valence-corrected chi connectivity index (χ3v) is 3.09. The molecular formula is C15H21FN2O2. The molecular weight excluding hydrogens is 259 g/mol. The lowest BCUT2D eigenvalue weighted by molar-refractivity contribution is 0.0475. The first-order valence-electron chi connectivity index (χ1n) is 6.84. The molecule has 0 unspecified atom stereocenters. The van der Waals surface area contributed by atoms with E-state index in [1.165, 1.54) is 6.07 Å². The van der Waals surface area contributed by atoms with Gasteiger partial charge in [0.2, 0.25) is 0 Å². The van der Waals surface area contributed by atoms with Crippen LogP contribution in [0.2, 0.25) is 0 Å². The fourth-order valence-corrected chi connectivity index (χ4v) is 2.13. The van der Waals surface area contributed by atoms with Crippen molar-refractivity contribution in [3.8, 4) is 0 Å². The van der Waals surface area contributed by atoms with Gasteiger partial charge in [0.05, 0.1) is 5.69 Å². The Morgan fingerprint density at radius 3 is 2.50 bits per heavy atom. The highest BCUT2D eigenvalue weighted by Gasteiger charge is 2.31. The first-order valence-corrected chi connectivity index (χ1v) is 6.84. The van der Waals surface area contributed by atoms with Gasteiger partial charge in [-0.3, -0.25) is 0 Å². The van der Waals surface area contributed by atoms with E-state index in [-0.39, 0.29) is 17.9 Å². The van der Waals surface area contributed by atoms with Crippen LogP contribution in [0.4, 0.5) is 14.9 Å². The lowest BCUT2D eigenvalue weighted by Crippen LogP contribution is -2.50. The molecule has 1 aliphatic rings. The number of ether oxygens (including phenoxy) is 1. The molecule has 20 heavy (non-hydrogen) atoms. The fourth-order valence-electron chi connectivity index (χ4n) is 2.13. The number of para-hydroxylation sites is 1. The summed E-state index contributed by atoms with van der Waals surface area (Å²) in [6.07, 6.45) is 1.15. The average molecular weight is 280 g/mol. The van der Waals surface area contributed by atoms with Gasteiger partial charge in [0.1, 0.15) is 11.4 Å². The topological polar surface area (TPSA) is 50.4 Å². The van der Waals surface area contributed by atoms with Crippen LogP contribution in [0.3, 0.4) is 0 Å². The lowest BCUT2D eigenvalue weighted by atomic mass is 9.86. The number of nitrogens with one attached hydrogen (secondary N) is 2. The Morgan fingerprint density at radius 1 is 1.25 bits per heavy atom. The van der Waals surface area contributed by atoms with Gasteiger partial charge in [0.15, 0.2) is 0 Å². The van der Waals surface area contributed by atoms with Crippen molar-refractivity contribution in [1.29, 1.82) is 0 Å². The molecule has 2 N–H and O–H groups in total. The van der Waals surface area contributed by atoms with E-state index in [0.717, 1.165) is 12.8 Å². The largest absolute Gasteiger partial charge is 0.444 e. The summed E-state index contributed by atoms with van der Waals surface area (Å²) in [5.41, 5.74) is 0.0202. The highest BCUT2D eigenvalue weighted by atomic mass is 19.1. The Hall–Kier alpha value is -1.78. The summed E-state index contributed by atoms with van der Waals surface area (Å²) in [5, 5.41) is 5.94. The number of hydrogen-bond acceptors (Lipinski definition) is 3. The van der Waals surface area contributed by atoms with E-state index in [2.05, 4.69) is 10.6 Å². The molecule has 110 valence electrons. The van der Waals surface area contributed by atoms with Gasteiger partial charge in [0, 0.05) is 12.1 Å². The van der Waals surface area contributed by atoms with Gasteiger partial charge >= 0.3 is 6.09 Å². The molecule has 0 aromatic heterocycles. The van der Waals surface area contributed by atoms with Crippen LogP contribution in [0, 0.1) is 5.82 Å². The summed E-state index contributed by atoms with van der Waals surface area (Å²) in [4.78, 5) is 11.6. The normalized spacial score (nSPS) is 21.8. The molecule has 0 heterocycles. The van der Waals surface area contributed by atoms with Gasteiger partial charge in [-0.25, -0.2) is 9.18 Å². The van der Waals surface area contributed by atoms with Gasteiger partial charge in [-0.2, -0.15) is 0 Å². The first kappa shape index (κ1) is 14.6. The second-order valence-electron chi connectivity index (χ2n) is 6.14. The Bertz CT molecular complexity index is 479. The predicted molar refractivity (Wildman–Crippen MR) is 76.2 cm³/mol. The zero-order chi connectivity index (χ0) is 14.8. The maximum atomic E-state index is 13.5. The van der Waals surface area contributed by atoms with Crippen molar-refractivity contribution < 1.29 is 13.9 Å². The smallest absolute Gasteiger partial charge is 0.407 e. The Kier molecular flexibility index (Phi) is 4.16. The van der Waals surface area contributed by atoms with E-state index in [1.807, 2.05) is 20.8 Å². The SMILES string of the molecule is CC(C)(C)OC(=O)NC1CC(Nc2ccccc2F)C1. The van der Waals surface area contributed by atoms with Crippen molar-refractivity contribution in [1.82, 2.24) is 5.32 Å². The number of hydrogen-bond donors (Lipinski definition) is 2. The third kappa shape index (κ3) is 4.11. The van der Waals surface area contributed by atoms with Crippen molar-refractivity contribution >= 4 is 11.8 Å². The number of carbonyl (C=O) groups is 1. The molecule has 5 heteroatoms. The monoisotopic (exact) mass is 280 g/mol. The van der Waals surface area contributed by atoms with Crippen LogP contribution < -0.4 is 10.6 Å². The minimum Gasteiger partial charge on any atom is -0.444 e. The van der Waals surface area contributed by atoms with E-state index in [4.69, 9.17) is 4.74 Å². The average Bonchev–Trinajstić information content (AvgIpc) is 2.26. The molecule has 0 radical (unpaired) electrons. The van der Waals surface area contributed by atoms with Crippen LogP contribution in [-0.4, -0.2) is 23.8 Å². The first-order chi connectivity index (χ1) is 9.33. The summed E-state index contributed by atoms with van der Waals surface area (Å²) in [5.74, 6) is -0.254.